The van der Waals surface area contributed by atoms with E-state index in [1.54, 1.807) is 40.2 Å². The molecule has 0 saturated carbocycles. The van der Waals surface area contributed by atoms with E-state index in [1.165, 1.54) is 23.5 Å². The highest BCUT2D eigenvalue weighted by Crippen LogP contribution is 2.26. The summed E-state index contributed by atoms with van der Waals surface area (Å²) in [6.07, 6.45) is 1.72. The molecule has 0 atom stereocenters. The van der Waals surface area contributed by atoms with Crippen molar-refractivity contribution in [2.75, 3.05) is 5.32 Å². The number of pyridine rings is 1. The van der Waals surface area contributed by atoms with Crippen LogP contribution < -0.4 is 5.32 Å². The molecule has 4 rings (SSSR count). The Morgan fingerprint density at radius 1 is 1.16 bits per heavy atom. The lowest BCUT2D eigenvalue weighted by Gasteiger charge is -2.02. The quantitative estimate of drug-likeness (QED) is 0.576. The summed E-state index contributed by atoms with van der Waals surface area (Å²) in [4.78, 5) is 21.1. The third-order valence-electron chi connectivity index (χ3n) is 3.57. The van der Waals surface area contributed by atoms with Crippen LogP contribution in [0.1, 0.15) is 10.5 Å². The molecule has 25 heavy (non-hydrogen) atoms. The first-order valence-electron chi connectivity index (χ1n) is 7.27. The van der Waals surface area contributed by atoms with Crippen LogP contribution in [0.2, 0.25) is 5.15 Å². The molecule has 1 N–H and O–H groups in total. The molecule has 0 radical (unpaired) electrons. The second-order valence-electron chi connectivity index (χ2n) is 5.18. The number of nitrogens with one attached hydrogen (secondary N) is 1. The topological polar surface area (TPSA) is 59.3 Å². The van der Waals surface area contributed by atoms with Crippen molar-refractivity contribution < 1.29 is 9.18 Å². The molecule has 3 heterocycles. The maximum absolute atomic E-state index is 13.0. The average Bonchev–Trinajstić information content (AvgIpc) is 3.18. The van der Waals surface area contributed by atoms with E-state index >= 15 is 0 Å². The molecule has 0 aliphatic heterocycles. The van der Waals surface area contributed by atoms with Gasteiger partial charge < -0.3 is 0 Å². The van der Waals surface area contributed by atoms with Gasteiger partial charge >= 0.3 is 0 Å². The van der Waals surface area contributed by atoms with Gasteiger partial charge in [-0.15, -0.1) is 11.3 Å². The molecule has 0 unspecified atom stereocenters. The van der Waals surface area contributed by atoms with Crippen molar-refractivity contribution in [1.82, 2.24) is 14.4 Å². The van der Waals surface area contributed by atoms with Crippen molar-refractivity contribution in [3.05, 3.63) is 70.7 Å². The monoisotopic (exact) mass is 372 g/mol. The Balaban J connectivity index is 1.61. The first-order valence-corrected chi connectivity index (χ1v) is 8.53. The Hall–Kier alpha value is -2.77. The third-order valence-corrected chi connectivity index (χ3v) is 4.59. The molecule has 1 amide bonds. The molecule has 0 aliphatic rings. The number of amides is 1. The highest BCUT2D eigenvalue weighted by atomic mass is 35.5. The van der Waals surface area contributed by atoms with Crippen LogP contribution >= 0.6 is 22.9 Å². The normalized spacial score (nSPS) is 11.0. The van der Waals surface area contributed by atoms with E-state index in [0.717, 1.165) is 5.56 Å². The van der Waals surface area contributed by atoms with Gasteiger partial charge in [-0.05, 0) is 36.4 Å². The molecule has 0 spiro atoms. The molecule has 4 aromatic rings. The summed E-state index contributed by atoms with van der Waals surface area (Å²) in [6.45, 7) is 0. The molecule has 124 valence electrons. The number of nitrogens with zero attached hydrogens (tertiary/aromatic N) is 3. The number of anilines is 1. The molecule has 0 aliphatic carbocycles. The first-order chi connectivity index (χ1) is 12.1. The fraction of sp³-hybridized carbons (Fsp3) is 0. The van der Waals surface area contributed by atoms with Crippen LogP contribution in [-0.2, 0) is 0 Å². The lowest BCUT2D eigenvalue weighted by Crippen LogP contribution is -2.14. The summed E-state index contributed by atoms with van der Waals surface area (Å²) in [5.74, 6) is -0.710. The zero-order valence-electron chi connectivity index (χ0n) is 12.6. The van der Waals surface area contributed by atoms with Crippen LogP contribution in [0.3, 0.4) is 0 Å². The van der Waals surface area contributed by atoms with Crippen molar-refractivity contribution in [2.45, 2.75) is 0 Å². The second kappa shape index (κ2) is 6.27. The van der Waals surface area contributed by atoms with Gasteiger partial charge in [-0.2, -0.15) is 0 Å². The van der Waals surface area contributed by atoms with E-state index in [2.05, 4.69) is 15.3 Å². The predicted octanol–water partition coefficient (Wildman–Crippen LogP) is 4.50. The molecule has 5 nitrogen and oxygen atoms in total. The largest absolute Gasteiger partial charge is 0.296 e. The Morgan fingerprint density at radius 3 is 2.76 bits per heavy atom. The third kappa shape index (κ3) is 2.99. The van der Waals surface area contributed by atoms with E-state index in [4.69, 9.17) is 11.6 Å². The van der Waals surface area contributed by atoms with Crippen LogP contribution in [0.15, 0.2) is 54.0 Å². The summed E-state index contributed by atoms with van der Waals surface area (Å²) in [7, 11) is 0. The number of halogens is 2. The smallest absolute Gasteiger partial charge is 0.277 e. The number of rotatable bonds is 3. The van der Waals surface area contributed by atoms with Crippen LogP contribution in [0, 0.1) is 5.82 Å². The number of thiazole rings is 1. The number of imidazole rings is 1. The van der Waals surface area contributed by atoms with Crippen LogP contribution in [0.5, 0.6) is 0 Å². The summed E-state index contributed by atoms with van der Waals surface area (Å²) < 4.78 is 14.6. The van der Waals surface area contributed by atoms with Gasteiger partial charge in [0.15, 0.2) is 16.0 Å². The van der Waals surface area contributed by atoms with Crippen LogP contribution in [0.25, 0.3) is 16.9 Å². The van der Waals surface area contributed by atoms with Gasteiger partial charge in [-0.3, -0.25) is 14.5 Å². The van der Waals surface area contributed by atoms with E-state index < -0.39 is 5.91 Å². The second-order valence-corrected chi connectivity index (χ2v) is 6.40. The summed E-state index contributed by atoms with van der Waals surface area (Å²) in [5.41, 5.74) is 2.26. The molecule has 0 fully saturated rings. The Labute approximate surface area is 150 Å². The van der Waals surface area contributed by atoms with Crippen molar-refractivity contribution in [3.8, 4) is 11.3 Å². The Kier molecular flexibility index (Phi) is 3.95. The maximum atomic E-state index is 13.0. The zero-order valence-corrected chi connectivity index (χ0v) is 14.2. The molecular formula is C17H10ClFN4OS. The minimum Gasteiger partial charge on any atom is -0.296 e. The number of benzene rings is 1. The van der Waals surface area contributed by atoms with E-state index in [9.17, 15) is 9.18 Å². The number of carbonyl (C=O) groups is 1. The van der Waals surface area contributed by atoms with Gasteiger partial charge in [0.25, 0.3) is 5.91 Å². The van der Waals surface area contributed by atoms with Gasteiger partial charge in [0.1, 0.15) is 11.5 Å². The number of hydrogen-bond donors (Lipinski definition) is 1. The zero-order chi connectivity index (χ0) is 17.4. The minimum atomic E-state index is -0.399. The summed E-state index contributed by atoms with van der Waals surface area (Å²) >= 11 is 7.38. The van der Waals surface area contributed by atoms with E-state index in [1.807, 2.05) is 6.07 Å². The highest BCUT2D eigenvalue weighted by Gasteiger charge is 2.19. The van der Waals surface area contributed by atoms with Gasteiger partial charge in [0.05, 0.1) is 5.69 Å². The maximum Gasteiger partial charge on any atom is 0.277 e. The molecule has 8 heteroatoms. The molecule has 3 aromatic heterocycles. The predicted molar refractivity (Wildman–Crippen MR) is 95.7 cm³/mol. The van der Waals surface area contributed by atoms with Gasteiger partial charge in [0, 0.05) is 17.1 Å². The lowest BCUT2D eigenvalue weighted by atomic mass is 10.2. The van der Waals surface area contributed by atoms with Crippen molar-refractivity contribution in [2.24, 2.45) is 0 Å². The van der Waals surface area contributed by atoms with E-state index in [0.29, 0.717) is 16.5 Å². The van der Waals surface area contributed by atoms with Crippen LogP contribution in [0.4, 0.5) is 9.52 Å². The van der Waals surface area contributed by atoms with Gasteiger partial charge in [-0.25, -0.2) is 14.4 Å². The Morgan fingerprint density at radius 2 is 1.96 bits per heavy atom. The highest BCUT2D eigenvalue weighted by molar-refractivity contribution is 7.14. The molecule has 1 aromatic carbocycles. The number of fused-ring (bicyclic) bond motifs is 1. The van der Waals surface area contributed by atoms with Gasteiger partial charge in [0.2, 0.25) is 0 Å². The van der Waals surface area contributed by atoms with E-state index in [-0.39, 0.29) is 16.7 Å². The van der Waals surface area contributed by atoms with Crippen molar-refractivity contribution in [1.29, 1.82) is 0 Å². The minimum absolute atomic E-state index is 0.124. The summed E-state index contributed by atoms with van der Waals surface area (Å²) in [6, 6.07) is 11.4. The van der Waals surface area contributed by atoms with Crippen molar-refractivity contribution >= 4 is 39.6 Å². The SMILES string of the molecule is O=C(Nc1nc(-c2ccc(F)cc2)cs1)c1c(Cl)nc2ccccn12. The van der Waals surface area contributed by atoms with Crippen molar-refractivity contribution in [3.63, 3.8) is 0 Å². The Bertz CT molecular complexity index is 1070. The summed E-state index contributed by atoms with van der Waals surface area (Å²) in [5, 5.41) is 5.07. The number of carbonyl (C=O) groups excluding carboxylic acids is 1. The van der Waals surface area contributed by atoms with Gasteiger partial charge in [-0.1, -0.05) is 17.7 Å². The fourth-order valence-electron chi connectivity index (χ4n) is 2.41. The molecular weight excluding hydrogens is 363 g/mol. The lowest BCUT2D eigenvalue weighted by molar-refractivity contribution is 0.102. The molecule has 0 saturated heterocycles. The standard InChI is InChI=1S/C17H10ClFN4OS/c18-15-14(23-8-2-1-3-13(23)21-15)16(24)22-17-20-12(9-25-17)10-4-6-11(19)7-5-10/h1-9H,(H,20,22,24). The number of aromatic nitrogens is 3. The fourth-order valence-corrected chi connectivity index (χ4v) is 3.39. The average molecular weight is 373 g/mol. The number of hydrogen-bond acceptors (Lipinski definition) is 4. The van der Waals surface area contributed by atoms with Crippen LogP contribution in [-0.4, -0.2) is 20.3 Å². The first kappa shape index (κ1) is 15.7. The molecule has 0 bridgehead atoms.